The van der Waals surface area contributed by atoms with Gasteiger partial charge in [0.1, 0.15) is 0 Å². The van der Waals surface area contributed by atoms with Crippen molar-refractivity contribution in [2.75, 3.05) is 5.73 Å². The van der Waals surface area contributed by atoms with Crippen molar-refractivity contribution in [3.63, 3.8) is 0 Å². The molecule has 2 aromatic rings. The van der Waals surface area contributed by atoms with Crippen molar-refractivity contribution in [2.45, 2.75) is 6.92 Å². The highest BCUT2D eigenvalue weighted by Crippen LogP contribution is 2.28. The molecule has 0 bridgehead atoms. The molecule has 3 N–H and O–H groups in total. The van der Waals surface area contributed by atoms with Gasteiger partial charge in [0.15, 0.2) is 23.1 Å². The number of anilines is 1. The van der Waals surface area contributed by atoms with Crippen molar-refractivity contribution < 1.29 is 14.0 Å². The average molecular weight is 208 g/mol. The van der Waals surface area contributed by atoms with Gasteiger partial charge < -0.3 is 15.4 Å². The summed E-state index contributed by atoms with van der Waals surface area (Å²) in [7, 11) is 0. The number of nitrogens with zero attached hydrogens (tertiary/aromatic N) is 1. The standard InChI is InChI=1S/C10H9FN2O2/c1-5-2-6(3-7(14)10(5)11)8-4-9(12)13-15-8/h2-4,14H,1H3,(H2,12,13). The highest BCUT2D eigenvalue weighted by molar-refractivity contribution is 5.63. The molecule has 0 radical (unpaired) electrons. The van der Waals surface area contributed by atoms with Gasteiger partial charge in [-0.15, -0.1) is 0 Å². The third-order valence-corrected chi connectivity index (χ3v) is 2.05. The lowest BCUT2D eigenvalue weighted by molar-refractivity contribution is 0.425. The molecular weight excluding hydrogens is 199 g/mol. The van der Waals surface area contributed by atoms with Gasteiger partial charge >= 0.3 is 0 Å². The second-order valence-corrected chi connectivity index (χ2v) is 3.24. The molecule has 4 nitrogen and oxygen atoms in total. The third-order valence-electron chi connectivity index (χ3n) is 2.05. The molecule has 0 spiro atoms. The smallest absolute Gasteiger partial charge is 0.169 e. The van der Waals surface area contributed by atoms with Crippen LogP contribution in [0, 0.1) is 12.7 Å². The zero-order chi connectivity index (χ0) is 11.0. The van der Waals surface area contributed by atoms with Crippen LogP contribution in [0.4, 0.5) is 10.2 Å². The Morgan fingerprint density at radius 3 is 2.67 bits per heavy atom. The van der Waals surface area contributed by atoms with Crippen LogP contribution < -0.4 is 5.73 Å². The molecule has 1 aromatic carbocycles. The van der Waals surface area contributed by atoms with E-state index in [-0.39, 0.29) is 5.82 Å². The molecule has 0 atom stereocenters. The summed E-state index contributed by atoms with van der Waals surface area (Å²) in [4.78, 5) is 0. The van der Waals surface area contributed by atoms with Crippen LogP contribution in [0.15, 0.2) is 22.7 Å². The molecule has 0 aliphatic rings. The molecule has 0 fully saturated rings. The lowest BCUT2D eigenvalue weighted by Gasteiger charge is -2.02. The van der Waals surface area contributed by atoms with Crippen molar-refractivity contribution in [2.24, 2.45) is 0 Å². The minimum absolute atomic E-state index is 0.242. The number of phenolic OH excluding ortho intramolecular Hbond substituents is 1. The normalized spacial score (nSPS) is 10.5. The fourth-order valence-corrected chi connectivity index (χ4v) is 1.32. The predicted octanol–water partition coefficient (Wildman–Crippen LogP) is 2.08. The van der Waals surface area contributed by atoms with Gasteiger partial charge in [-0.05, 0) is 24.6 Å². The Balaban J connectivity index is 2.55. The summed E-state index contributed by atoms with van der Waals surface area (Å²) in [6.07, 6.45) is 0. The molecule has 0 saturated carbocycles. The van der Waals surface area contributed by atoms with Gasteiger partial charge in [0.05, 0.1) is 0 Å². The molecule has 5 heteroatoms. The van der Waals surface area contributed by atoms with Crippen LogP contribution in [0.1, 0.15) is 5.56 Å². The van der Waals surface area contributed by atoms with E-state index in [1.807, 2.05) is 0 Å². The van der Waals surface area contributed by atoms with Crippen LogP contribution in [0.3, 0.4) is 0 Å². The Hall–Kier alpha value is -2.04. The Labute approximate surface area is 85.1 Å². The lowest BCUT2D eigenvalue weighted by Crippen LogP contribution is -1.85. The molecule has 0 aliphatic heterocycles. The van der Waals surface area contributed by atoms with Crippen LogP contribution in [0.25, 0.3) is 11.3 Å². The van der Waals surface area contributed by atoms with Crippen molar-refractivity contribution in [3.8, 4) is 17.1 Å². The minimum atomic E-state index is -0.633. The zero-order valence-electron chi connectivity index (χ0n) is 7.99. The topological polar surface area (TPSA) is 72.3 Å². The van der Waals surface area contributed by atoms with Crippen molar-refractivity contribution >= 4 is 5.82 Å². The Kier molecular flexibility index (Phi) is 2.07. The third kappa shape index (κ3) is 1.63. The summed E-state index contributed by atoms with van der Waals surface area (Å²) >= 11 is 0. The molecule has 0 unspecified atom stereocenters. The summed E-state index contributed by atoms with van der Waals surface area (Å²) in [6, 6.07) is 4.32. The number of halogens is 1. The number of hydrogen-bond donors (Lipinski definition) is 2. The van der Waals surface area contributed by atoms with Crippen LogP contribution in [-0.2, 0) is 0 Å². The van der Waals surface area contributed by atoms with E-state index in [9.17, 15) is 9.50 Å². The Morgan fingerprint density at radius 2 is 2.13 bits per heavy atom. The molecule has 2 rings (SSSR count). The highest BCUT2D eigenvalue weighted by atomic mass is 19.1. The molecule has 1 aromatic heterocycles. The number of aromatic nitrogens is 1. The van der Waals surface area contributed by atoms with Crippen molar-refractivity contribution in [3.05, 3.63) is 29.6 Å². The quantitative estimate of drug-likeness (QED) is 0.752. The van der Waals surface area contributed by atoms with Crippen molar-refractivity contribution in [1.29, 1.82) is 0 Å². The first-order chi connectivity index (χ1) is 7.08. The summed E-state index contributed by atoms with van der Waals surface area (Å²) < 4.78 is 18.0. The van der Waals surface area contributed by atoms with Crippen LogP contribution in [0.2, 0.25) is 0 Å². The number of hydrogen-bond acceptors (Lipinski definition) is 4. The van der Waals surface area contributed by atoms with E-state index in [2.05, 4.69) is 5.16 Å². The average Bonchev–Trinajstić information content (AvgIpc) is 2.60. The molecule has 0 aliphatic carbocycles. The van der Waals surface area contributed by atoms with Gasteiger partial charge in [0.25, 0.3) is 0 Å². The van der Waals surface area contributed by atoms with Crippen molar-refractivity contribution in [1.82, 2.24) is 5.16 Å². The van der Waals surface area contributed by atoms with E-state index in [0.29, 0.717) is 16.9 Å². The number of phenols is 1. The maximum absolute atomic E-state index is 13.1. The largest absolute Gasteiger partial charge is 0.505 e. The molecule has 0 amide bonds. The number of nitrogen functional groups attached to an aromatic ring is 1. The minimum Gasteiger partial charge on any atom is -0.505 e. The van der Waals surface area contributed by atoms with Gasteiger partial charge in [-0.2, -0.15) is 0 Å². The van der Waals surface area contributed by atoms with Gasteiger partial charge in [0, 0.05) is 11.6 Å². The highest BCUT2D eigenvalue weighted by Gasteiger charge is 2.11. The number of aryl methyl sites for hydroxylation is 1. The van der Waals surface area contributed by atoms with Crippen LogP contribution >= 0.6 is 0 Å². The summed E-state index contributed by atoms with van der Waals surface area (Å²) in [6.45, 7) is 1.55. The fraction of sp³-hybridized carbons (Fsp3) is 0.100. The molecule has 15 heavy (non-hydrogen) atoms. The number of benzene rings is 1. The van der Waals surface area contributed by atoms with Crippen LogP contribution in [0.5, 0.6) is 5.75 Å². The molecular formula is C10H9FN2O2. The lowest BCUT2D eigenvalue weighted by atomic mass is 10.1. The number of rotatable bonds is 1. The monoisotopic (exact) mass is 208 g/mol. The number of nitrogens with two attached hydrogens (primary N) is 1. The first-order valence-corrected chi connectivity index (χ1v) is 4.29. The van der Waals surface area contributed by atoms with E-state index >= 15 is 0 Å². The van der Waals surface area contributed by atoms with E-state index < -0.39 is 11.6 Å². The predicted molar refractivity (Wildman–Crippen MR) is 52.7 cm³/mol. The maximum Gasteiger partial charge on any atom is 0.169 e. The van der Waals surface area contributed by atoms with Gasteiger partial charge in [-0.3, -0.25) is 0 Å². The van der Waals surface area contributed by atoms with E-state index in [1.54, 1.807) is 13.0 Å². The SMILES string of the molecule is Cc1cc(-c2cc(N)no2)cc(O)c1F. The summed E-state index contributed by atoms with van der Waals surface area (Å²) in [5, 5.41) is 12.8. The first kappa shape index (κ1) is 9.51. The van der Waals surface area contributed by atoms with E-state index in [4.69, 9.17) is 10.3 Å². The fourth-order valence-electron chi connectivity index (χ4n) is 1.32. The molecule has 1 heterocycles. The molecule has 0 saturated heterocycles. The molecule has 78 valence electrons. The van der Waals surface area contributed by atoms with Gasteiger partial charge in [0.2, 0.25) is 0 Å². The van der Waals surface area contributed by atoms with E-state index in [0.717, 1.165) is 0 Å². The zero-order valence-corrected chi connectivity index (χ0v) is 7.99. The van der Waals surface area contributed by atoms with Crippen LogP contribution in [-0.4, -0.2) is 10.3 Å². The second kappa shape index (κ2) is 3.27. The van der Waals surface area contributed by atoms with Gasteiger partial charge in [-0.25, -0.2) is 4.39 Å². The maximum atomic E-state index is 13.1. The second-order valence-electron chi connectivity index (χ2n) is 3.24. The summed E-state index contributed by atoms with van der Waals surface area (Å²) in [5.41, 5.74) is 6.25. The summed E-state index contributed by atoms with van der Waals surface area (Å²) in [5.74, 6) is -0.413. The number of aromatic hydroxyl groups is 1. The Bertz CT molecular complexity index is 485. The first-order valence-electron chi connectivity index (χ1n) is 4.29. The van der Waals surface area contributed by atoms with Gasteiger partial charge in [-0.1, -0.05) is 5.16 Å². The van der Waals surface area contributed by atoms with E-state index in [1.165, 1.54) is 12.1 Å². The Morgan fingerprint density at radius 1 is 1.40 bits per heavy atom.